The number of ether oxygens (including phenoxy) is 2. The van der Waals surface area contributed by atoms with Gasteiger partial charge in [0.1, 0.15) is 11.6 Å². The summed E-state index contributed by atoms with van der Waals surface area (Å²) >= 11 is 0. The molecule has 144 valence electrons. The quantitative estimate of drug-likeness (QED) is 0.442. The lowest BCUT2D eigenvalue weighted by Crippen LogP contribution is -2.25. The summed E-state index contributed by atoms with van der Waals surface area (Å²) in [5.74, 6) is -1.10. The Kier molecular flexibility index (Phi) is 6.70. The van der Waals surface area contributed by atoms with Crippen molar-refractivity contribution in [3.63, 3.8) is 0 Å². The van der Waals surface area contributed by atoms with Gasteiger partial charge in [-0.3, -0.25) is 4.79 Å². The number of aromatic amines is 1. The predicted molar refractivity (Wildman–Crippen MR) is 98.5 cm³/mol. The number of rotatable bonds is 7. The van der Waals surface area contributed by atoms with Crippen molar-refractivity contribution in [2.24, 2.45) is 5.10 Å². The van der Waals surface area contributed by atoms with Crippen molar-refractivity contribution >= 4 is 17.6 Å². The molecule has 0 atom stereocenters. The number of nitrogens with one attached hydrogen (secondary N) is 2. The normalized spacial score (nSPS) is 11.2. The average molecular weight is 375 g/mol. The summed E-state index contributed by atoms with van der Waals surface area (Å²) in [5.41, 5.74) is 5.30. The van der Waals surface area contributed by atoms with E-state index in [0.29, 0.717) is 28.2 Å². The van der Waals surface area contributed by atoms with Gasteiger partial charge in [-0.1, -0.05) is 6.07 Å². The number of carbonyl (C=O) groups is 2. The van der Waals surface area contributed by atoms with E-state index in [-0.39, 0.29) is 19.0 Å². The first-order valence-electron chi connectivity index (χ1n) is 8.41. The fourth-order valence-electron chi connectivity index (χ4n) is 2.56. The molecule has 0 fully saturated rings. The van der Waals surface area contributed by atoms with E-state index in [2.05, 4.69) is 15.5 Å². The molecule has 1 aromatic heterocycles. The van der Waals surface area contributed by atoms with E-state index in [1.165, 1.54) is 18.2 Å². The molecule has 2 N–H and O–H groups in total. The summed E-state index contributed by atoms with van der Waals surface area (Å²) in [5, 5.41) is 4.02. The molecule has 0 aliphatic carbocycles. The Morgan fingerprint density at radius 1 is 1.30 bits per heavy atom. The van der Waals surface area contributed by atoms with E-state index in [4.69, 9.17) is 9.47 Å². The van der Waals surface area contributed by atoms with Gasteiger partial charge in [0.05, 0.1) is 23.6 Å². The average Bonchev–Trinajstić information content (AvgIpc) is 2.92. The zero-order valence-electron chi connectivity index (χ0n) is 15.7. The van der Waals surface area contributed by atoms with E-state index < -0.39 is 17.7 Å². The fourth-order valence-corrected chi connectivity index (χ4v) is 2.56. The van der Waals surface area contributed by atoms with Crippen LogP contribution in [0, 0.1) is 19.7 Å². The van der Waals surface area contributed by atoms with Gasteiger partial charge in [-0.05, 0) is 45.4 Å². The Bertz CT molecular complexity index is 874. The van der Waals surface area contributed by atoms with Crippen molar-refractivity contribution in [2.75, 3.05) is 13.2 Å². The van der Waals surface area contributed by atoms with Gasteiger partial charge >= 0.3 is 5.97 Å². The molecule has 8 heteroatoms. The van der Waals surface area contributed by atoms with Gasteiger partial charge in [-0.15, -0.1) is 0 Å². The Morgan fingerprint density at radius 2 is 2.04 bits per heavy atom. The smallest absolute Gasteiger partial charge is 0.340 e. The summed E-state index contributed by atoms with van der Waals surface area (Å²) in [6, 6.07) is 5.50. The van der Waals surface area contributed by atoms with Gasteiger partial charge in [0.2, 0.25) is 0 Å². The second-order valence-electron chi connectivity index (χ2n) is 5.82. The number of nitrogens with zero attached hydrogens (tertiary/aromatic N) is 1. The summed E-state index contributed by atoms with van der Waals surface area (Å²) in [6.45, 7) is 6.95. The van der Waals surface area contributed by atoms with Crippen LogP contribution in [0.3, 0.4) is 0 Å². The maximum atomic E-state index is 13.1. The van der Waals surface area contributed by atoms with Crippen LogP contribution in [0.15, 0.2) is 29.4 Å². The molecule has 1 aromatic carbocycles. The number of aryl methyl sites for hydroxylation is 1. The fraction of sp³-hybridized carbons (Fsp3) is 0.316. The third-order valence-corrected chi connectivity index (χ3v) is 3.79. The van der Waals surface area contributed by atoms with Crippen molar-refractivity contribution in [1.29, 1.82) is 0 Å². The number of benzene rings is 1. The highest BCUT2D eigenvalue weighted by Gasteiger charge is 2.20. The van der Waals surface area contributed by atoms with Crippen LogP contribution in [0.1, 0.15) is 41.2 Å². The molecular formula is C19H22FN3O4. The van der Waals surface area contributed by atoms with Crippen LogP contribution in [-0.4, -0.2) is 35.8 Å². The molecule has 7 nitrogen and oxygen atoms in total. The topological polar surface area (TPSA) is 92.8 Å². The van der Waals surface area contributed by atoms with Crippen molar-refractivity contribution in [2.45, 2.75) is 27.7 Å². The van der Waals surface area contributed by atoms with Crippen molar-refractivity contribution < 1.29 is 23.5 Å². The van der Waals surface area contributed by atoms with Crippen molar-refractivity contribution in [1.82, 2.24) is 10.4 Å². The second kappa shape index (κ2) is 8.98. The Morgan fingerprint density at radius 3 is 2.70 bits per heavy atom. The molecular weight excluding hydrogens is 353 g/mol. The van der Waals surface area contributed by atoms with E-state index in [9.17, 15) is 14.0 Å². The predicted octanol–water partition coefficient (Wildman–Crippen LogP) is 2.87. The van der Waals surface area contributed by atoms with Gasteiger partial charge in [-0.2, -0.15) is 5.10 Å². The van der Waals surface area contributed by atoms with Crippen LogP contribution in [0.25, 0.3) is 0 Å². The number of aromatic nitrogens is 1. The SMILES string of the molecule is CCOC(=O)c1c(C)[nH]c(/C(C)=N/NC(=O)COc2cccc(F)c2)c1C. The largest absolute Gasteiger partial charge is 0.484 e. The number of H-pyrrole nitrogens is 1. The Balaban J connectivity index is 2.01. The van der Waals surface area contributed by atoms with E-state index in [1.54, 1.807) is 33.8 Å². The minimum atomic E-state index is -0.495. The summed E-state index contributed by atoms with van der Waals surface area (Å²) in [6.07, 6.45) is 0. The van der Waals surface area contributed by atoms with Crippen LogP contribution in [-0.2, 0) is 9.53 Å². The number of halogens is 1. The molecule has 2 rings (SSSR count). The lowest BCUT2D eigenvalue weighted by molar-refractivity contribution is -0.123. The highest BCUT2D eigenvalue weighted by molar-refractivity contribution is 6.03. The van der Waals surface area contributed by atoms with E-state index in [0.717, 1.165) is 0 Å². The van der Waals surface area contributed by atoms with Gasteiger partial charge in [0.15, 0.2) is 6.61 Å². The lowest BCUT2D eigenvalue weighted by atomic mass is 10.1. The molecule has 27 heavy (non-hydrogen) atoms. The van der Waals surface area contributed by atoms with Crippen LogP contribution in [0.5, 0.6) is 5.75 Å². The monoisotopic (exact) mass is 375 g/mol. The van der Waals surface area contributed by atoms with Crippen LogP contribution >= 0.6 is 0 Å². The molecule has 1 amide bonds. The van der Waals surface area contributed by atoms with Crippen LogP contribution in [0.4, 0.5) is 4.39 Å². The number of hydrazone groups is 1. The van der Waals surface area contributed by atoms with E-state index in [1.807, 2.05) is 0 Å². The molecule has 0 aliphatic heterocycles. The van der Waals surface area contributed by atoms with Crippen molar-refractivity contribution in [3.8, 4) is 5.75 Å². The minimum absolute atomic E-state index is 0.251. The lowest BCUT2D eigenvalue weighted by Gasteiger charge is -2.06. The first kappa shape index (κ1) is 20.2. The van der Waals surface area contributed by atoms with Gasteiger partial charge in [0.25, 0.3) is 5.91 Å². The summed E-state index contributed by atoms with van der Waals surface area (Å²) in [4.78, 5) is 27.0. The first-order valence-corrected chi connectivity index (χ1v) is 8.41. The zero-order chi connectivity index (χ0) is 20.0. The minimum Gasteiger partial charge on any atom is -0.484 e. The van der Waals surface area contributed by atoms with Crippen LogP contribution in [0.2, 0.25) is 0 Å². The second-order valence-corrected chi connectivity index (χ2v) is 5.82. The molecule has 1 heterocycles. The maximum Gasteiger partial charge on any atom is 0.340 e. The summed E-state index contributed by atoms with van der Waals surface area (Å²) in [7, 11) is 0. The molecule has 0 spiro atoms. The van der Waals surface area contributed by atoms with Gasteiger partial charge in [-0.25, -0.2) is 14.6 Å². The van der Waals surface area contributed by atoms with E-state index >= 15 is 0 Å². The molecule has 0 saturated heterocycles. The Labute approximate surface area is 156 Å². The number of amides is 1. The standard InChI is InChI=1S/C19H22FN3O4/c1-5-26-19(25)17-11(2)18(21-12(17)3)13(4)22-23-16(24)10-27-15-8-6-7-14(20)9-15/h6-9,21H,5,10H2,1-4H3,(H,23,24)/b22-13+. The highest BCUT2D eigenvalue weighted by atomic mass is 19.1. The molecule has 0 radical (unpaired) electrons. The molecule has 0 saturated carbocycles. The van der Waals surface area contributed by atoms with Crippen molar-refractivity contribution in [3.05, 3.63) is 52.6 Å². The number of esters is 1. The number of hydrogen-bond donors (Lipinski definition) is 2. The summed E-state index contributed by atoms with van der Waals surface area (Å²) < 4.78 is 23.3. The van der Waals surface area contributed by atoms with Gasteiger partial charge < -0.3 is 14.5 Å². The molecule has 0 aliphatic rings. The maximum absolute atomic E-state index is 13.1. The first-order chi connectivity index (χ1) is 12.8. The van der Waals surface area contributed by atoms with Crippen LogP contribution < -0.4 is 10.2 Å². The molecule has 0 bridgehead atoms. The third kappa shape index (κ3) is 5.16. The highest BCUT2D eigenvalue weighted by Crippen LogP contribution is 2.19. The van der Waals surface area contributed by atoms with Gasteiger partial charge in [0, 0.05) is 11.8 Å². The number of hydrogen-bond acceptors (Lipinski definition) is 5. The molecule has 2 aromatic rings. The number of carbonyl (C=O) groups excluding carboxylic acids is 2. The Hall–Kier alpha value is -3.16. The third-order valence-electron chi connectivity index (χ3n) is 3.79. The zero-order valence-corrected chi connectivity index (χ0v) is 15.7. The molecule has 0 unspecified atom stereocenters.